The number of hydrogen-bond donors (Lipinski definition) is 2. The standard InChI is InChI=1S/C20H22N6O3/c1-19(2)17(20(19,3)4)15-11-16(23-22-15)21-18(27)14-9-10-25(24-14)12-5-7-13(8-6-12)26(28)29/h5-11,17H,1-4H3,(H2,21,22,23,27). The minimum absolute atomic E-state index is 0.00442. The predicted octanol–water partition coefficient (Wildman–Crippen LogP) is 3.91. The number of carbonyl (C=O) groups is 1. The summed E-state index contributed by atoms with van der Waals surface area (Å²) in [5, 5.41) is 25.0. The Morgan fingerprint density at radius 2 is 1.83 bits per heavy atom. The molecule has 1 fully saturated rings. The van der Waals surface area contributed by atoms with Crippen molar-refractivity contribution in [2.24, 2.45) is 10.8 Å². The smallest absolute Gasteiger partial charge is 0.277 e. The summed E-state index contributed by atoms with van der Waals surface area (Å²) in [6.45, 7) is 8.90. The van der Waals surface area contributed by atoms with Crippen LogP contribution in [0.2, 0.25) is 0 Å². The maximum absolute atomic E-state index is 12.5. The first-order valence-corrected chi connectivity index (χ1v) is 9.28. The fourth-order valence-electron chi connectivity index (χ4n) is 4.02. The fourth-order valence-corrected chi connectivity index (χ4v) is 4.02. The first kappa shape index (κ1) is 18.9. The maximum atomic E-state index is 12.5. The Hall–Kier alpha value is -3.49. The molecule has 4 rings (SSSR count). The quantitative estimate of drug-likeness (QED) is 0.502. The van der Waals surface area contributed by atoms with Crippen molar-refractivity contribution in [1.82, 2.24) is 20.0 Å². The van der Waals surface area contributed by atoms with Gasteiger partial charge in [0, 0.05) is 36.0 Å². The molecule has 0 aliphatic heterocycles. The van der Waals surface area contributed by atoms with Gasteiger partial charge in [-0.05, 0) is 29.0 Å². The van der Waals surface area contributed by atoms with Crippen LogP contribution in [-0.4, -0.2) is 30.8 Å². The minimum Gasteiger partial charge on any atom is -0.304 e. The Bertz CT molecular complexity index is 1080. The Labute approximate surface area is 167 Å². The first-order chi connectivity index (χ1) is 13.6. The molecule has 1 aromatic carbocycles. The van der Waals surface area contributed by atoms with E-state index in [1.54, 1.807) is 24.4 Å². The molecule has 3 aromatic rings. The third kappa shape index (κ3) is 3.08. The van der Waals surface area contributed by atoms with E-state index in [-0.39, 0.29) is 28.1 Å². The van der Waals surface area contributed by atoms with Crippen molar-refractivity contribution in [1.29, 1.82) is 0 Å². The van der Waals surface area contributed by atoms with Crippen molar-refractivity contribution in [3.8, 4) is 5.69 Å². The molecule has 1 aliphatic rings. The van der Waals surface area contributed by atoms with E-state index >= 15 is 0 Å². The van der Waals surface area contributed by atoms with Gasteiger partial charge in [-0.3, -0.25) is 20.0 Å². The number of H-pyrrole nitrogens is 1. The van der Waals surface area contributed by atoms with E-state index in [0.717, 1.165) is 5.69 Å². The Morgan fingerprint density at radius 1 is 1.17 bits per heavy atom. The second-order valence-corrected chi connectivity index (χ2v) is 8.46. The molecule has 0 unspecified atom stereocenters. The van der Waals surface area contributed by atoms with Crippen molar-refractivity contribution < 1.29 is 9.72 Å². The Kier molecular flexibility index (Phi) is 4.07. The van der Waals surface area contributed by atoms with E-state index in [4.69, 9.17) is 0 Å². The number of nitrogens with one attached hydrogen (secondary N) is 2. The number of amides is 1. The van der Waals surface area contributed by atoms with Gasteiger partial charge in [0.15, 0.2) is 11.5 Å². The number of anilines is 1. The second-order valence-electron chi connectivity index (χ2n) is 8.46. The van der Waals surface area contributed by atoms with Crippen LogP contribution in [-0.2, 0) is 0 Å². The zero-order valence-electron chi connectivity index (χ0n) is 16.6. The molecule has 0 radical (unpaired) electrons. The van der Waals surface area contributed by atoms with Crippen LogP contribution in [0.5, 0.6) is 0 Å². The molecule has 9 nitrogen and oxygen atoms in total. The summed E-state index contributed by atoms with van der Waals surface area (Å²) < 4.78 is 1.49. The lowest BCUT2D eigenvalue weighted by atomic mass is 10.0. The van der Waals surface area contributed by atoms with Crippen LogP contribution in [0.25, 0.3) is 5.69 Å². The van der Waals surface area contributed by atoms with Crippen molar-refractivity contribution in [2.45, 2.75) is 33.6 Å². The summed E-state index contributed by atoms with van der Waals surface area (Å²) in [7, 11) is 0. The molecule has 1 aliphatic carbocycles. The van der Waals surface area contributed by atoms with Crippen LogP contribution >= 0.6 is 0 Å². The molecule has 150 valence electrons. The van der Waals surface area contributed by atoms with Crippen LogP contribution in [0.1, 0.15) is 49.8 Å². The highest BCUT2D eigenvalue weighted by atomic mass is 16.6. The number of nitrogens with zero attached hydrogens (tertiary/aromatic N) is 4. The lowest BCUT2D eigenvalue weighted by Gasteiger charge is -2.03. The predicted molar refractivity (Wildman–Crippen MR) is 107 cm³/mol. The van der Waals surface area contributed by atoms with E-state index in [2.05, 4.69) is 48.3 Å². The highest BCUT2D eigenvalue weighted by Gasteiger charge is 2.65. The number of aromatic amines is 1. The van der Waals surface area contributed by atoms with Gasteiger partial charge < -0.3 is 5.32 Å². The first-order valence-electron chi connectivity index (χ1n) is 9.28. The highest BCUT2D eigenvalue weighted by molar-refractivity contribution is 6.02. The molecule has 9 heteroatoms. The third-order valence-electron chi connectivity index (χ3n) is 6.32. The van der Waals surface area contributed by atoms with Crippen molar-refractivity contribution in [2.75, 3.05) is 5.32 Å². The monoisotopic (exact) mass is 394 g/mol. The van der Waals surface area contributed by atoms with Crippen molar-refractivity contribution in [3.63, 3.8) is 0 Å². The van der Waals surface area contributed by atoms with Crippen LogP contribution in [0, 0.1) is 20.9 Å². The molecule has 2 heterocycles. The molecular formula is C20H22N6O3. The molecule has 1 amide bonds. The maximum Gasteiger partial charge on any atom is 0.277 e. The minimum atomic E-state index is -0.465. The van der Waals surface area contributed by atoms with Crippen molar-refractivity contribution in [3.05, 3.63) is 64.1 Å². The largest absolute Gasteiger partial charge is 0.304 e. The second kappa shape index (κ2) is 6.26. The molecule has 0 saturated heterocycles. The number of benzene rings is 1. The molecule has 29 heavy (non-hydrogen) atoms. The number of non-ortho nitro benzene ring substituents is 1. The van der Waals surface area contributed by atoms with E-state index in [1.165, 1.54) is 16.8 Å². The van der Waals surface area contributed by atoms with Gasteiger partial charge in [-0.1, -0.05) is 27.7 Å². The summed E-state index contributed by atoms with van der Waals surface area (Å²) in [5.41, 5.74) is 2.19. The number of rotatable bonds is 5. The fraction of sp³-hybridized carbons (Fsp3) is 0.350. The molecule has 2 N–H and O–H groups in total. The van der Waals surface area contributed by atoms with Crippen LogP contribution in [0.3, 0.4) is 0 Å². The Morgan fingerprint density at radius 3 is 2.41 bits per heavy atom. The van der Waals surface area contributed by atoms with E-state index < -0.39 is 4.92 Å². The third-order valence-corrected chi connectivity index (χ3v) is 6.32. The van der Waals surface area contributed by atoms with E-state index in [0.29, 0.717) is 17.4 Å². The Balaban J connectivity index is 1.46. The van der Waals surface area contributed by atoms with Gasteiger partial charge in [-0.2, -0.15) is 10.2 Å². The summed E-state index contributed by atoms with van der Waals surface area (Å²) >= 11 is 0. The number of nitro benzene ring substituents is 1. The SMILES string of the molecule is CC1(C)C(c2cc(NC(=O)c3ccn(-c4ccc([N+](=O)[O-])cc4)n3)n[nH]2)C1(C)C. The van der Waals surface area contributed by atoms with Crippen molar-refractivity contribution >= 4 is 17.4 Å². The zero-order chi connectivity index (χ0) is 21.0. The molecule has 0 atom stereocenters. The normalized spacial score (nSPS) is 17.1. The van der Waals surface area contributed by atoms with Gasteiger partial charge in [0.05, 0.1) is 10.6 Å². The lowest BCUT2D eigenvalue weighted by Crippen LogP contribution is -2.13. The topological polar surface area (TPSA) is 119 Å². The van der Waals surface area contributed by atoms with Gasteiger partial charge in [0.1, 0.15) is 0 Å². The average molecular weight is 394 g/mol. The molecule has 0 spiro atoms. The lowest BCUT2D eigenvalue weighted by molar-refractivity contribution is -0.384. The van der Waals surface area contributed by atoms with Gasteiger partial charge in [0.25, 0.3) is 11.6 Å². The summed E-state index contributed by atoms with van der Waals surface area (Å²) in [5.74, 6) is 0.431. The van der Waals surface area contributed by atoms with Crippen LogP contribution < -0.4 is 5.32 Å². The average Bonchev–Trinajstić information content (AvgIpc) is 3.15. The number of nitro groups is 1. The summed E-state index contributed by atoms with van der Waals surface area (Å²) in [4.78, 5) is 22.8. The highest BCUT2D eigenvalue weighted by Crippen LogP contribution is 2.73. The summed E-state index contributed by atoms with van der Waals surface area (Å²) in [6.07, 6.45) is 1.63. The number of aromatic nitrogens is 4. The molecule has 0 bridgehead atoms. The van der Waals surface area contributed by atoms with Crippen LogP contribution in [0.15, 0.2) is 42.6 Å². The summed E-state index contributed by atoms with van der Waals surface area (Å²) in [6, 6.07) is 9.38. The number of carbonyl (C=O) groups excluding carboxylic acids is 1. The van der Waals surface area contributed by atoms with Gasteiger partial charge in [-0.15, -0.1) is 0 Å². The molecule has 2 aromatic heterocycles. The van der Waals surface area contributed by atoms with Gasteiger partial charge in [-0.25, -0.2) is 4.68 Å². The molecular weight excluding hydrogens is 372 g/mol. The van der Waals surface area contributed by atoms with Gasteiger partial charge >= 0.3 is 0 Å². The van der Waals surface area contributed by atoms with Crippen LogP contribution in [0.4, 0.5) is 11.5 Å². The van der Waals surface area contributed by atoms with Gasteiger partial charge in [0.2, 0.25) is 0 Å². The van der Waals surface area contributed by atoms with E-state index in [1.807, 2.05) is 6.07 Å². The zero-order valence-corrected chi connectivity index (χ0v) is 16.6. The molecule has 1 saturated carbocycles. The number of hydrogen-bond acceptors (Lipinski definition) is 5. The van der Waals surface area contributed by atoms with E-state index in [9.17, 15) is 14.9 Å².